The molecule has 0 fully saturated rings. The molecule has 90 valence electrons. The molecule has 1 unspecified atom stereocenters. The molecule has 1 atom stereocenters. The Bertz CT molecular complexity index is 328. The van der Waals surface area contributed by atoms with Crippen LogP contribution in [0.15, 0.2) is 18.2 Å². The summed E-state index contributed by atoms with van der Waals surface area (Å²) in [6.45, 7) is 11.1. The topological polar surface area (TPSA) is 12.0 Å². The molecule has 0 aliphatic carbocycles. The van der Waals surface area contributed by atoms with Crippen LogP contribution >= 0.6 is 0 Å². The van der Waals surface area contributed by atoms with Crippen molar-refractivity contribution in [1.82, 2.24) is 0 Å². The fourth-order valence-electron chi connectivity index (χ4n) is 1.90. The predicted octanol–water partition coefficient (Wildman–Crippen LogP) is 4.54. The van der Waals surface area contributed by atoms with Gasteiger partial charge in [-0.05, 0) is 51.2 Å². The quantitative estimate of drug-likeness (QED) is 0.766. The van der Waals surface area contributed by atoms with Crippen molar-refractivity contribution < 1.29 is 0 Å². The van der Waals surface area contributed by atoms with Gasteiger partial charge in [0.05, 0.1) is 0 Å². The molecule has 0 heterocycles. The van der Waals surface area contributed by atoms with Gasteiger partial charge in [0.25, 0.3) is 0 Å². The van der Waals surface area contributed by atoms with Crippen molar-refractivity contribution >= 4 is 5.69 Å². The highest BCUT2D eigenvalue weighted by atomic mass is 14.9. The summed E-state index contributed by atoms with van der Waals surface area (Å²) in [5.74, 6) is 0.795. The Morgan fingerprint density at radius 1 is 1.06 bits per heavy atom. The van der Waals surface area contributed by atoms with Crippen molar-refractivity contribution in [2.24, 2.45) is 5.92 Å². The van der Waals surface area contributed by atoms with Gasteiger partial charge < -0.3 is 5.32 Å². The van der Waals surface area contributed by atoms with Gasteiger partial charge in [-0.3, -0.25) is 0 Å². The van der Waals surface area contributed by atoms with E-state index >= 15 is 0 Å². The first-order valence-electron chi connectivity index (χ1n) is 6.33. The number of anilines is 1. The van der Waals surface area contributed by atoms with Gasteiger partial charge in [-0.25, -0.2) is 0 Å². The van der Waals surface area contributed by atoms with Crippen molar-refractivity contribution in [3.05, 3.63) is 29.3 Å². The molecular formula is C15H25N. The second kappa shape index (κ2) is 5.93. The zero-order valence-electron chi connectivity index (χ0n) is 11.3. The molecule has 0 saturated heterocycles. The summed E-state index contributed by atoms with van der Waals surface area (Å²) in [6, 6.07) is 7.15. The smallest absolute Gasteiger partial charge is 0.0372 e. The largest absolute Gasteiger partial charge is 0.382 e. The lowest BCUT2D eigenvalue weighted by molar-refractivity contribution is 0.527. The molecule has 1 N–H and O–H groups in total. The molecule has 0 aliphatic rings. The molecule has 0 aliphatic heterocycles. The van der Waals surface area contributed by atoms with E-state index in [1.807, 2.05) is 0 Å². The fraction of sp³-hybridized carbons (Fsp3) is 0.600. The number of rotatable bonds is 5. The van der Waals surface area contributed by atoms with Crippen molar-refractivity contribution in [3.63, 3.8) is 0 Å². The highest BCUT2D eigenvalue weighted by Gasteiger charge is 2.05. The molecule has 1 aromatic carbocycles. The summed E-state index contributed by atoms with van der Waals surface area (Å²) >= 11 is 0. The van der Waals surface area contributed by atoms with E-state index in [4.69, 9.17) is 0 Å². The van der Waals surface area contributed by atoms with Gasteiger partial charge in [0.1, 0.15) is 0 Å². The Balaban J connectivity index is 2.52. The first-order valence-corrected chi connectivity index (χ1v) is 6.33. The van der Waals surface area contributed by atoms with Gasteiger partial charge in [-0.15, -0.1) is 0 Å². The minimum atomic E-state index is 0.559. The summed E-state index contributed by atoms with van der Waals surface area (Å²) in [4.78, 5) is 0. The van der Waals surface area contributed by atoms with Gasteiger partial charge >= 0.3 is 0 Å². The maximum Gasteiger partial charge on any atom is 0.0372 e. The van der Waals surface area contributed by atoms with Crippen LogP contribution in [0.5, 0.6) is 0 Å². The molecule has 1 aromatic rings. The molecule has 1 heteroatoms. The van der Waals surface area contributed by atoms with Crippen molar-refractivity contribution in [1.29, 1.82) is 0 Å². The van der Waals surface area contributed by atoms with E-state index in [0.717, 1.165) is 5.92 Å². The average molecular weight is 219 g/mol. The predicted molar refractivity (Wildman–Crippen MR) is 73.1 cm³/mol. The van der Waals surface area contributed by atoms with Gasteiger partial charge in [-0.2, -0.15) is 0 Å². The first-order chi connectivity index (χ1) is 7.49. The fourth-order valence-corrected chi connectivity index (χ4v) is 1.90. The van der Waals surface area contributed by atoms with Crippen LogP contribution in [-0.2, 0) is 0 Å². The third kappa shape index (κ3) is 4.26. The van der Waals surface area contributed by atoms with Crippen LogP contribution in [0, 0.1) is 19.8 Å². The van der Waals surface area contributed by atoms with Crippen LogP contribution in [0.3, 0.4) is 0 Å². The summed E-state index contributed by atoms with van der Waals surface area (Å²) in [7, 11) is 0. The van der Waals surface area contributed by atoms with E-state index < -0.39 is 0 Å². The van der Waals surface area contributed by atoms with Crippen LogP contribution in [0.25, 0.3) is 0 Å². The standard InChI is InChI=1S/C15H25N/c1-11(2)6-8-14(5)16-15-9-7-12(3)10-13(15)4/h7,9-11,14,16H,6,8H2,1-5H3. The molecule has 1 nitrogen and oxygen atoms in total. The van der Waals surface area contributed by atoms with Gasteiger partial charge in [0, 0.05) is 11.7 Å². The molecule has 0 bridgehead atoms. The number of hydrogen-bond acceptors (Lipinski definition) is 1. The maximum absolute atomic E-state index is 3.59. The zero-order chi connectivity index (χ0) is 12.1. The van der Waals surface area contributed by atoms with Gasteiger partial charge in [-0.1, -0.05) is 31.5 Å². The van der Waals surface area contributed by atoms with E-state index in [9.17, 15) is 0 Å². The summed E-state index contributed by atoms with van der Waals surface area (Å²) in [5.41, 5.74) is 3.95. The minimum Gasteiger partial charge on any atom is -0.382 e. The van der Waals surface area contributed by atoms with E-state index in [1.54, 1.807) is 0 Å². The maximum atomic E-state index is 3.59. The van der Waals surface area contributed by atoms with E-state index in [0.29, 0.717) is 6.04 Å². The lowest BCUT2D eigenvalue weighted by atomic mass is 10.0. The molecule has 0 amide bonds. The molecule has 0 aromatic heterocycles. The average Bonchev–Trinajstić information content (AvgIpc) is 2.19. The summed E-state index contributed by atoms with van der Waals surface area (Å²) < 4.78 is 0. The highest BCUT2D eigenvalue weighted by molar-refractivity contribution is 5.52. The van der Waals surface area contributed by atoms with Crippen molar-refractivity contribution in [3.8, 4) is 0 Å². The Labute approximate surface area is 100 Å². The molecule has 1 rings (SSSR count). The molecule has 0 radical (unpaired) electrons. The van der Waals surface area contributed by atoms with Gasteiger partial charge in [0.15, 0.2) is 0 Å². The SMILES string of the molecule is Cc1ccc(NC(C)CCC(C)C)c(C)c1. The minimum absolute atomic E-state index is 0.559. The van der Waals surface area contributed by atoms with Crippen LogP contribution in [0.1, 0.15) is 44.7 Å². The second-order valence-corrected chi connectivity index (χ2v) is 5.33. The van der Waals surface area contributed by atoms with E-state index in [1.165, 1.54) is 29.7 Å². The number of aryl methyl sites for hydroxylation is 2. The third-order valence-electron chi connectivity index (χ3n) is 2.96. The zero-order valence-corrected chi connectivity index (χ0v) is 11.3. The monoisotopic (exact) mass is 219 g/mol. The lowest BCUT2D eigenvalue weighted by Gasteiger charge is -2.18. The van der Waals surface area contributed by atoms with E-state index in [-0.39, 0.29) is 0 Å². The second-order valence-electron chi connectivity index (χ2n) is 5.33. The number of nitrogens with one attached hydrogen (secondary N) is 1. The van der Waals surface area contributed by atoms with Crippen LogP contribution in [0.2, 0.25) is 0 Å². The Morgan fingerprint density at radius 3 is 2.31 bits per heavy atom. The van der Waals surface area contributed by atoms with Gasteiger partial charge in [0.2, 0.25) is 0 Å². The normalized spacial score (nSPS) is 12.9. The first kappa shape index (κ1) is 13.1. The Morgan fingerprint density at radius 2 is 1.75 bits per heavy atom. The van der Waals surface area contributed by atoms with Crippen LogP contribution < -0.4 is 5.32 Å². The Kier molecular flexibility index (Phi) is 4.85. The summed E-state index contributed by atoms with van der Waals surface area (Å²) in [6.07, 6.45) is 2.53. The Hall–Kier alpha value is -0.980. The third-order valence-corrected chi connectivity index (χ3v) is 2.96. The van der Waals surface area contributed by atoms with Crippen LogP contribution in [-0.4, -0.2) is 6.04 Å². The summed E-state index contributed by atoms with van der Waals surface area (Å²) in [5, 5.41) is 3.59. The highest BCUT2D eigenvalue weighted by Crippen LogP contribution is 2.18. The molecular weight excluding hydrogens is 194 g/mol. The lowest BCUT2D eigenvalue weighted by Crippen LogP contribution is -2.16. The van der Waals surface area contributed by atoms with Crippen LogP contribution in [0.4, 0.5) is 5.69 Å². The number of hydrogen-bond donors (Lipinski definition) is 1. The molecule has 16 heavy (non-hydrogen) atoms. The molecule has 0 saturated carbocycles. The van der Waals surface area contributed by atoms with E-state index in [2.05, 4.69) is 58.1 Å². The molecule has 0 spiro atoms. The number of benzene rings is 1. The van der Waals surface area contributed by atoms with Crippen molar-refractivity contribution in [2.75, 3.05) is 5.32 Å². The van der Waals surface area contributed by atoms with Crippen molar-refractivity contribution in [2.45, 2.75) is 53.5 Å².